The minimum atomic E-state index is -2.90. The Bertz CT molecular complexity index is 504. The second kappa shape index (κ2) is 5.38. The van der Waals surface area contributed by atoms with Crippen LogP contribution in [0.2, 0.25) is 0 Å². The Kier molecular flexibility index (Phi) is 3.59. The van der Waals surface area contributed by atoms with E-state index in [2.05, 4.69) is 4.74 Å². The molecule has 2 fully saturated rings. The lowest BCUT2D eigenvalue weighted by Gasteiger charge is -2.24. The molecular weight excluding hydrogens is 266 g/mol. The molecule has 0 saturated heterocycles. The van der Waals surface area contributed by atoms with Gasteiger partial charge in [0.15, 0.2) is 11.5 Å². The molecule has 20 heavy (non-hydrogen) atoms. The fourth-order valence-corrected chi connectivity index (χ4v) is 3.38. The molecule has 0 spiro atoms. The second-order valence-corrected chi connectivity index (χ2v) is 5.53. The summed E-state index contributed by atoms with van der Waals surface area (Å²) >= 11 is 0. The van der Waals surface area contributed by atoms with Crippen LogP contribution < -0.4 is 9.47 Å². The number of carbonyl (C=O) groups excluding carboxylic acids is 1. The molecule has 3 rings (SSSR count). The molecule has 2 saturated carbocycles. The van der Waals surface area contributed by atoms with Crippen LogP contribution in [0.1, 0.15) is 36.0 Å². The Labute approximate surface area is 115 Å². The number of hydrogen-bond acceptors (Lipinski definition) is 3. The van der Waals surface area contributed by atoms with Crippen molar-refractivity contribution in [2.45, 2.75) is 38.4 Å². The van der Waals surface area contributed by atoms with E-state index in [4.69, 9.17) is 4.74 Å². The molecule has 0 aliphatic heterocycles. The van der Waals surface area contributed by atoms with Crippen LogP contribution in [0.4, 0.5) is 8.78 Å². The zero-order valence-electron chi connectivity index (χ0n) is 10.9. The van der Waals surface area contributed by atoms with E-state index in [9.17, 15) is 13.6 Å². The number of carbonyl (C=O) groups is 1. The largest absolute Gasteiger partial charge is 0.486 e. The summed E-state index contributed by atoms with van der Waals surface area (Å²) in [6.07, 6.45) is 5.20. The first-order valence-corrected chi connectivity index (χ1v) is 6.86. The van der Waals surface area contributed by atoms with Crippen LogP contribution in [0.25, 0.3) is 0 Å². The number of fused-ring (bicyclic) bond motifs is 2. The third-order valence-electron chi connectivity index (χ3n) is 4.27. The summed E-state index contributed by atoms with van der Waals surface area (Å²) < 4.78 is 35.1. The van der Waals surface area contributed by atoms with Crippen molar-refractivity contribution in [1.82, 2.24) is 0 Å². The van der Waals surface area contributed by atoms with Gasteiger partial charge in [0.1, 0.15) is 12.4 Å². The van der Waals surface area contributed by atoms with Crippen molar-refractivity contribution < 1.29 is 23.0 Å². The average Bonchev–Trinajstić information content (AvgIpc) is 3.02. The third-order valence-corrected chi connectivity index (χ3v) is 4.27. The van der Waals surface area contributed by atoms with Crippen molar-refractivity contribution in [1.29, 1.82) is 0 Å². The maximum absolute atomic E-state index is 12.4. The van der Waals surface area contributed by atoms with Gasteiger partial charge >= 0.3 is 6.61 Å². The number of benzene rings is 1. The van der Waals surface area contributed by atoms with Gasteiger partial charge in [-0.2, -0.15) is 8.78 Å². The number of rotatable bonds is 5. The normalized spacial score (nSPS) is 27.9. The fourth-order valence-electron chi connectivity index (χ4n) is 3.38. The van der Waals surface area contributed by atoms with Gasteiger partial charge in [0.05, 0.1) is 0 Å². The van der Waals surface area contributed by atoms with E-state index in [1.807, 2.05) is 0 Å². The number of alkyl halides is 2. The highest BCUT2D eigenvalue weighted by atomic mass is 19.3. The predicted octanol–water partition coefficient (Wildman–Crippen LogP) is 3.67. The molecule has 0 amide bonds. The van der Waals surface area contributed by atoms with Crippen molar-refractivity contribution in [3.8, 4) is 11.5 Å². The number of ether oxygens (including phenoxy) is 2. The van der Waals surface area contributed by atoms with Crippen LogP contribution in [-0.2, 0) is 0 Å². The molecule has 0 aromatic heterocycles. The van der Waals surface area contributed by atoms with Gasteiger partial charge in [-0.1, -0.05) is 0 Å². The van der Waals surface area contributed by atoms with Crippen LogP contribution in [-0.4, -0.2) is 19.0 Å². The highest BCUT2D eigenvalue weighted by Gasteiger charge is 2.41. The summed E-state index contributed by atoms with van der Waals surface area (Å²) in [5.41, 5.74) is 0.393. The summed E-state index contributed by atoms with van der Waals surface area (Å²) in [5, 5.41) is 0. The minimum Gasteiger partial charge on any atom is -0.486 e. The van der Waals surface area contributed by atoms with Crippen molar-refractivity contribution in [3.63, 3.8) is 0 Å². The first kappa shape index (κ1) is 13.3. The maximum atomic E-state index is 12.4. The first-order chi connectivity index (χ1) is 9.65. The van der Waals surface area contributed by atoms with Crippen LogP contribution >= 0.6 is 0 Å². The summed E-state index contributed by atoms with van der Waals surface area (Å²) in [6.45, 7) is -2.90. The Balaban J connectivity index is 1.80. The predicted molar refractivity (Wildman–Crippen MR) is 68.3 cm³/mol. The van der Waals surface area contributed by atoms with E-state index in [1.54, 1.807) is 0 Å². The van der Waals surface area contributed by atoms with Crippen LogP contribution in [0.3, 0.4) is 0 Å². The van der Waals surface area contributed by atoms with Crippen molar-refractivity contribution in [2.75, 3.05) is 0 Å². The molecule has 0 N–H and O–H groups in total. The highest BCUT2D eigenvalue weighted by Crippen LogP contribution is 2.47. The molecule has 2 aliphatic rings. The lowest BCUT2D eigenvalue weighted by atomic mass is 9.97. The number of halogens is 2. The average molecular weight is 282 g/mol. The van der Waals surface area contributed by atoms with Crippen molar-refractivity contribution >= 4 is 6.29 Å². The van der Waals surface area contributed by atoms with Gasteiger partial charge in [-0.25, -0.2) is 0 Å². The molecule has 0 radical (unpaired) electrons. The lowest BCUT2D eigenvalue weighted by Crippen LogP contribution is -2.24. The topological polar surface area (TPSA) is 35.5 Å². The summed E-state index contributed by atoms with van der Waals surface area (Å²) in [6, 6.07) is 4.27. The van der Waals surface area contributed by atoms with Gasteiger partial charge in [0, 0.05) is 5.56 Å². The van der Waals surface area contributed by atoms with Gasteiger partial charge in [-0.05, 0) is 55.7 Å². The molecule has 3 atom stereocenters. The van der Waals surface area contributed by atoms with E-state index in [0.717, 1.165) is 19.3 Å². The molecule has 5 heteroatoms. The van der Waals surface area contributed by atoms with E-state index < -0.39 is 6.61 Å². The Morgan fingerprint density at radius 1 is 1.20 bits per heavy atom. The molecule has 2 aliphatic carbocycles. The van der Waals surface area contributed by atoms with Gasteiger partial charge in [-0.15, -0.1) is 0 Å². The van der Waals surface area contributed by atoms with E-state index in [0.29, 0.717) is 23.7 Å². The molecule has 1 aromatic rings. The number of hydrogen-bond donors (Lipinski definition) is 0. The van der Waals surface area contributed by atoms with Crippen molar-refractivity contribution in [3.05, 3.63) is 23.8 Å². The number of aldehydes is 1. The maximum Gasteiger partial charge on any atom is 0.387 e. The zero-order valence-corrected chi connectivity index (χ0v) is 10.9. The highest BCUT2D eigenvalue weighted by molar-refractivity contribution is 5.76. The summed E-state index contributed by atoms with van der Waals surface area (Å²) in [7, 11) is 0. The van der Waals surface area contributed by atoms with Crippen LogP contribution in [0, 0.1) is 11.8 Å². The monoisotopic (exact) mass is 282 g/mol. The van der Waals surface area contributed by atoms with Gasteiger partial charge in [0.2, 0.25) is 0 Å². The van der Waals surface area contributed by atoms with Crippen molar-refractivity contribution in [2.24, 2.45) is 11.8 Å². The lowest BCUT2D eigenvalue weighted by molar-refractivity contribution is -0.0524. The molecule has 2 bridgehead atoms. The zero-order chi connectivity index (χ0) is 14.1. The SMILES string of the molecule is O=Cc1ccc(OC(F)F)c(OC2CC3CCC2C3)c1. The third kappa shape index (κ3) is 2.62. The van der Waals surface area contributed by atoms with E-state index in [1.165, 1.54) is 24.6 Å². The van der Waals surface area contributed by atoms with E-state index >= 15 is 0 Å². The summed E-state index contributed by atoms with van der Waals surface area (Å²) in [4.78, 5) is 10.8. The molecule has 3 nitrogen and oxygen atoms in total. The minimum absolute atomic E-state index is 0.00614. The Hall–Kier alpha value is -1.65. The Morgan fingerprint density at radius 2 is 2.05 bits per heavy atom. The standard InChI is InChI=1S/C15H16F2O3/c16-15(17)20-12-4-2-10(8-18)7-14(12)19-13-6-9-1-3-11(13)5-9/h2,4,7-9,11,13,15H,1,3,5-6H2. The second-order valence-electron chi connectivity index (χ2n) is 5.53. The molecule has 108 valence electrons. The smallest absolute Gasteiger partial charge is 0.387 e. The molecule has 1 aromatic carbocycles. The van der Waals surface area contributed by atoms with Crippen LogP contribution in [0.15, 0.2) is 18.2 Å². The van der Waals surface area contributed by atoms with Crippen LogP contribution in [0.5, 0.6) is 11.5 Å². The summed E-state index contributed by atoms with van der Waals surface area (Å²) in [5.74, 6) is 1.43. The molecular formula is C15H16F2O3. The fraction of sp³-hybridized carbons (Fsp3) is 0.533. The molecule has 3 unspecified atom stereocenters. The quantitative estimate of drug-likeness (QED) is 0.773. The van der Waals surface area contributed by atoms with Gasteiger partial charge < -0.3 is 9.47 Å². The van der Waals surface area contributed by atoms with Gasteiger partial charge in [-0.3, -0.25) is 4.79 Å². The van der Waals surface area contributed by atoms with Gasteiger partial charge in [0.25, 0.3) is 0 Å². The van der Waals surface area contributed by atoms with E-state index in [-0.39, 0.29) is 17.6 Å². The first-order valence-electron chi connectivity index (χ1n) is 6.86. The molecule has 0 heterocycles. The Morgan fingerprint density at radius 3 is 2.65 bits per heavy atom.